The maximum absolute atomic E-state index is 12.4. The molecule has 0 saturated heterocycles. The minimum atomic E-state index is -0.253. The van der Waals surface area contributed by atoms with Gasteiger partial charge in [-0.25, -0.2) is 9.97 Å². The van der Waals surface area contributed by atoms with Crippen molar-refractivity contribution in [3.63, 3.8) is 0 Å². The van der Waals surface area contributed by atoms with Crippen LogP contribution in [-0.4, -0.2) is 15.9 Å². The second-order valence-electron chi connectivity index (χ2n) is 5.49. The lowest BCUT2D eigenvalue weighted by atomic mass is 10.2. The van der Waals surface area contributed by atoms with Crippen LogP contribution in [0.2, 0.25) is 5.02 Å². The zero-order chi connectivity index (χ0) is 17.6. The van der Waals surface area contributed by atoms with Crippen LogP contribution in [0.1, 0.15) is 21.9 Å². The van der Waals surface area contributed by atoms with E-state index in [1.165, 1.54) is 0 Å². The Balaban J connectivity index is 1.70. The van der Waals surface area contributed by atoms with Crippen LogP contribution >= 0.6 is 11.6 Å². The molecule has 2 N–H and O–H groups in total. The summed E-state index contributed by atoms with van der Waals surface area (Å²) in [4.78, 5) is 20.9. The van der Waals surface area contributed by atoms with Crippen LogP contribution in [0, 0.1) is 6.92 Å². The van der Waals surface area contributed by atoms with Gasteiger partial charge in [-0.2, -0.15) is 0 Å². The van der Waals surface area contributed by atoms with Crippen molar-refractivity contribution in [2.45, 2.75) is 13.5 Å². The molecular weight excluding hydrogens is 336 g/mol. The van der Waals surface area contributed by atoms with Crippen molar-refractivity contribution >= 4 is 29.0 Å². The number of hydrogen-bond donors (Lipinski definition) is 2. The Morgan fingerprint density at radius 3 is 2.48 bits per heavy atom. The summed E-state index contributed by atoms with van der Waals surface area (Å²) >= 11 is 5.86. The number of halogens is 1. The molecule has 6 heteroatoms. The second-order valence-corrected chi connectivity index (χ2v) is 5.92. The zero-order valence-corrected chi connectivity index (χ0v) is 14.4. The summed E-state index contributed by atoms with van der Waals surface area (Å²) in [5.74, 6) is 0.851. The van der Waals surface area contributed by atoms with Gasteiger partial charge in [-0.15, -0.1) is 0 Å². The molecule has 0 aliphatic rings. The lowest BCUT2D eigenvalue weighted by molar-refractivity contribution is 0.0945. The molecule has 126 valence electrons. The lowest BCUT2D eigenvalue weighted by Crippen LogP contribution is -2.24. The summed E-state index contributed by atoms with van der Waals surface area (Å²) in [5, 5.41) is 6.69. The summed E-state index contributed by atoms with van der Waals surface area (Å²) in [6.07, 6.45) is 0. The van der Waals surface area contributed by atoms with Gasteiger partial charge >= 0.3 is 0 Å². The van der Waals surface area contributed by atoms with Crippen LogP contribution in [0.15, 0.2) is 60.7 Å². The number of nitrogens with zero attached hydrogens (tertiary/aromatic N) is 2. The molecule has 3 aromatic rings. The van der Waals surface area contributed by atoms with E-state index in [1.54, 1.807) is 25.1 Å². The fourth-order valence-electron chi connectivity index (χ4n) is 2.29. The summed E-state index contributed by atoms with van der Waals surface area (Å²) in [5.41, 5.74) is 2.18. The standard InChI is InChI=1S/C19H17ClN4O/c1-13-22-17(11-18(23-13)24-16-5-3-2-4-6-16)19(25)21-12-14-7-9-15(20)10-8-14/h2-11H,12H2,1H3,(H,21,25)(H,22,23,24). The van der Waals surface area contributed by atoms with Crippen molar-refractivity contribution in [3.8, 4) is 0 Å². The molecule has 0 aliphatic carbocycles. The number of nitrogens with one attached hydrogen (secondary N) is 2. The number of rotatable bonds is 5. The van der Waals surface area contributed by atoms with Gasteiger partial charge in [-0.05, 0) is 36.8 Å². The quantitative estimate of drug-likeness (QED) is 0.725. The Bertz CT molecular complexity index is 866. The maximum Gasteiger partial charge on any atom is 0.270 e. The maximum atomic E-state index is 12.4. The smallest absolute Gasteiger partial charge is 0.270 e. The Morgan fingerprint density at radius 1 is 1.04 bits per heavy atom. The van der Waals surface area contributed by atoms with Gasteiger partial charge in [0.1, 0.15) is 17.3 Å². The van der Waals surface area contributed by atoms with Crippen LogP contribution in [0.25, 0.3) is 0 Å². The highest BCUT2D eigenvalue weighted by Gasteiger charge is 2.10. The van der Waals surface area contributed by atoms with Crippen LogP contribution in [-0.2, 0) is 6.54 Å². The third-order valence-electron chi connectivity index (χ3n) is 3.48. The van der Waals surface area contributed by atoms with E-state index in [2.05, 4.69) is 20.6 Å². The molecule has 1 amide bonds. The molecule has 5 nitrogen and oxygen atoms in total. The summed E-state index contributed by atoms with van der Waals surface area (Å²) in [6.45, 7) is 2.16. The molecule has 0 unspecified atom stereocenters. The Morgan fingerprint density at radius 2 is 1.76 bits per heavy atom. The number of anilines is 2. The third-order valence-corrected chi connectivity index (χ3v) is 3.74. The van der Waals surface area contributed by atoms with Gasteiger partial charge in [-0.3, -0.25) is 4.79 Å². The summed E-state index contributed by atoms with van der Waals surface area (Å²) in [7, 11) is 0. The van der Waals surface area contributed by atoms with E-state index in [0.717, 1.165) is 11.3 Å². The van der Waals surface area contributed by atoms with E-state index in [4.69, 9.17) is 11.6 Å². The van der Waals surface area contributed by atoms with Crippen molar-refractivity contribution in [1.82, 2.24) is 15.3 Å². The highest BCUT2D eigenvalue weighted by Crippen LogP contribution is 2.15. The molecule has 0 aliphatic heterocycles. The van der Waals surface area contributed by atoms with Crippen LogP contribution in [0.3, 0.4) is 0 Å². The molecule has 25 heavy (non-hydrogen) atoms. The van der Waals surface area contributed by atoms with Crippen LogP contribution < -0.4 is 10.6 Å². The SMILES string of the molecule is Cc1nc(Nc2ccccc2)cc(C(=O)NCc2ccc(Cl)cc2)n1. The monoisotopic (exact) mass is 352 g/mol. The molecule has 0 fully saturated rings. The predicted octanol–water partition coefficient (Wildman–Crippen LogP) is 4.11. The molecule has 0 spiro atoms. The molecule has 0 saturated carbocycles. The van der Waals surface area contributed by atoms with Gasteiger partial charge in [0.2, 0.25) is 0 Å². The van der Waals surface area contributed by atoms with Gasteiger partial charge in [0.05, 0.1) is 0 Å². The molecule has 1 aromatic heterocycles. The Labute approximate surface area is 151 Å². The van der Waals surface area contributed by atoms with Crippen molar-refractivity contribution in [1.29, 1.82) is 0 Å². The fourth-order valence-corrected chi connectivity index (χ4v) is 2.42. The lowest BCUT2D eigenvalue weighted by Gasteiger charge is -2.09. The molecule has 0 atom stereocenters. The third kappa shape index (κ3) is 4.78. The van der Waals surface area contributed by atoms with Crippen molar-refractivity contribution < 1.29 is 4.79 Å². The first-order chi connectivity index (χ1) is 12.1. The minimum Gasteiger partial charge on any atom is -0.347 e. The largest absolute Gasteiger partial charge is 0.347 e. The van der Waals surface area contributed by atoms with Gasteiger partial charge < -0.3 is 10.6 Å². The van der Waals surface area contributed by atoms with Crippen molar-refractivity contribution in [2.24, 2.45) is 0 Å². The first-order valence-corrected chi connectivity index (χ1v) is 8.18. The average molecular weight is 353 g/mol. The first-order valence-electron chi connectivity index (χ1n) is 7.80. The topological polar surface area (TPSA) is 66.9 Å². The Kier molecular flexibility index (Phi) is 5.26. The molecule has 2 aromatic carbocycles. The number of aryl methyl sites for hydroxylation is 1. The molecule has 0 bridgehead atoms. The van der Waals surface area contributed by atoms with Gasteiger partial charge in [0.25, 0.3) is 5.91 Å². The predicted molar refractivity (Wildman–Crippen MR) is 99.1 cm³/mol. The second kappa shape index (κ2) is 7.77. The van der Waals surface area contributed by atoms with Gasteiger partial charge in [-0.1, -0.05) is 41.9 Å². The summed E-state index contributed by atoms with van der Waals surface area (Å²) < 4.78 is 0. The number of aromatic nitrogens is 2. The number of hydrogen-bond acceptors (Lipinski definition) is 4. The fraction of sp³-hybridized carbons (Fsp3) is 0.105. The number of para-hydroxylation sites is 1. The first kappa shape index (κ1) is 16.9. The zero-order valence-electron chi connectivity index (χ0n) is 13.7. The number of carbonyl (C=O) groups is 1. The van der Waals surface area contributed by atoms with Gasteiger partial charge in [0.15, 0.2) is 0 Å². The van der Waals surface area contributed by atoms with E-state index < -0.39 is 0 Å². The van der Waals surface area contributed by atoms with E-state index in [0.29, 0.717) is 28.9 Å². The normalized spacial score (nSPS) is 10.3. The van der Waals surface area contributed by atoms with E-state index in [9.17, 15) is 4.79 Å². The molecular formula is C19H17ClN4O. The highest BCUT2D eigenvalue weighted by atomic mass is 35.5. The molecule has 3 rings (SSSR count). The highest BCUT2D eigenvalue weighted by molar-refractivity contribution is 6.30. The van der Waals surface area contributed by atoms with Crippen molar-refractivity contribution in [3.05, 3.63) is 82.8 Å². The molecule has 1 heterocycles. The number of carbonyl (C=O) groups excluding carboxylic acids is 1. The van der Waals surface area contributed by atoms with Crippen LogP contribution in [0.5, 0.6) is 0 Å². The number of benzene rings is 2. The van der Waals surface area contributed by atoms with E-state index in [-0.39, 0.29) is 5.91 Å². The van der Waals surface area contributed by atoms with Gasteiger partial charge in [0, 0.05) is 23.3 Å². The number of amides is 1. The van der Waals surface area contributed by atoms with E-state index >= 15 is 0 Å². The average Bonchev–Trinajstić information content (AvgIpc) is 2.61. The summed E-state index contributed by atoms with van der Waals surface area (Å²) in [6, 6.07) is 18.6. The van der Waals surface area contributed by atoms with Crippen molar-refractivity contribution in [2.75, 3.05) is 5.32 Å². The Hall–Kier alpha value is -2.92. The van der Waals surface area contributed by atoms with Crippen LogP contribution in [0.4, 0.5) is 11.5 Å². The minimum absolute atomic E-state index is 0.253. The molecule has 0 radical (unpaired) electrons. The van der Waals surface area contributed by atoms with E-state index in [1.807, 2.05) is 42.5 Å².